The number of carbonyl (C=O) groups is 2. The van der Waals surface area contributed by atoms with Crippen molar-refractivity contribution >= 4 is 11.9 Å². The van der Waals surface area contributed by atoms with Crippen molar-refractivity contribution in [1.29, 1.82) is 0 Å². The van der Waals surface area contributed by atoms with Crippen LogP contribution in [-0.4, -0.2) is 66.9 Å². The van der Waals surface area contributed by atoms with Gasteiger partial charge in [-0.3, -0.25) is 14.5 Å². The van der Waals surface area contributed by atoms with E-state index in [4.69, 9.17) is 14.2 Å². The van der Waals surface area contributed by atoms with Crippen molar-refractivity contribution in [2.24, 2.45) is 11.8 Å². The first kappa shape index (κ1) is 29.6. The molecular formula is C30H44N2O6. The second-order valence-electron chi connectivity index (χ2n) is 10.1. The van der Waals surface area contributed by atoms with Crippen LogP contribution < -0.4 is 4.74 Å². The first-order valence-corrected chi connectivity index (χ1v) is 13.9. The Balaban J connectivity index is 1.88. The molecule has 2 fully saturated rings. The first-order chi connectivity index (χ1) is 18.4. The molecule has 3 rings (SSSR count). The van der Waals surface area contributed by atoms with E-state index in [1.807, 2.05) is 48.2 Å². The van der Waals surface area contributed by atoms with E-state index in [0.29, 0.717) is 30.2 Å². The fraction of sp³-hybridized carbons (Fsp3) is 0.600. The average molecular weight is 529 g/mol. The fourth-order valence-electron chi connectivity index (χ4n) is 5.43. The van der Waals surface area contributed by atoms with Crippen LogP contribution in [0, 0.1) is 11.8 Å². The Morgan fingerprint density at radius 2 is 1.76 bits per heavy atom. The summed E-state index contributed by atoms with van der Waals surface area (Å²) >= 11 is 0. The predicted molar refractivity (Wildman–Crippen MR) is 146 cm³/mol. The topological polar surface area (TPSA) is 88.5 Å². The van der Waals surface area contributed by atoms with Crippen LogP contribution in [0.2, 0.25) is 0 Å². The summed E-state index contributed by atoms with van der Waals surface area (Å²) in [6.07, 6.45) is 9.44. The number of benzene rings is 1. The summed E-state index contributed by atoms with van der Waals surface area (Å²) in [6.45, 7) is 8.52. The Kier molecular flexibility index (Phi) is 11.5. The van der Waals surface area contributed by atoms with Crippen molar-refractivity contribution in [3.05, 3.63) is 53.5 Å². The van der Waals surface area contributed by atoms with Gasteiger partial charge in [-0.15, -0.1) is 0 Å². The maximum atomic E-state index is 13.6. The minimum Gasteiger partial charge on any atom is -0.497 e. The Hall–Kier alpha value is -3.00. The van der Waals surface area contributed by atoms with E-state index in [2.05, 4.69) is 18.7 Å². The number of aliphatic carboxylic acids is 1. The van der Waals surface area contributed by atoms with Crippen molar-refractivity contribution in [2.45, 2.75) is 65.3 Å². The van der Waals surface area contributed by atoms with Crippen molar-refractivity contribution in [2.75, 3.05) is 40.1 Å². The number of carboxylic acid groups (broad SMARTS) is 1. The molecule has 2 aliphatic heterocycles. The summed E-state index contributed by atoms with van der Waals surface area (Å²) in [5.41, 5.74) is 0.877. The molecule has 2 saturated heterocycles. The van der Waals surface area contributed by atoms with Crippen LogP contribution in [0.5, 0.6) is 5.75 Å². The van der Waals surface area contributed by atoms with Crippen molar-refractivity contribution in [1.82, 2.24) is 9.80 Å². The molecule has 38 heavy (non-hydrogen) atoms. The van der Waals surface area contributed by atoms with Gasteiger partial charge in [0, 0.05) is 25.7 Å². The van der Waals surface area contributed by atoms with Crippen molar-refractivity contribution in [3.63, 3.8) is 0 Å². The molecule has 2 aliphatic rings. The van der Waals surface area contributed by atoms with E-state index in [-0.39, 0.29) is 25.2 Å². The van der Waals surface area contributed by atoms with Crippen LogP contribution in [0.3, 0.4) is 0 Å². The van der Waals surface area contributed by atoms with Gasteiger partial charge >= 0.3 is 5.97 Å². The lowest BCUT2D eigenvalue weighted by Crippen LogP contribution is -2.42. The van der Waals surface area contributed by atoms with E-state index in [1.54, 1.807) is 7.11 Å². The predicted octanol–water partition coefficient (Wildman–Crippen LogP) is 5.37. The van der Waals surface area contributed by atoms with Crippen LogP contribution in [0.15, 0.2) is 47.9 Å². The number of nitrogens with zero attached hydrogens (tertiary/aromatic N) is 2. The molecule has 210 valence electrons. The first-order valence-electron chi connectivity index (χ1n) is 13.9. The van der Waals surface area contributed by atoms with E-state index in [9.17, 15) is 14.7 Å². The minimum atomic E-state index is -0.857. The standard InChI is InChI=1S/C30H44N2O6/c1-5-8-10-18-31(17-9-6-2)27(33)20-32-19-23(13-16-26-25(7-3)37-21-38-26)28(30(34)35)29(32)22-11-14-24(36-4)15-12-22/h7,11-12,14-16,23,28-29H,5-6,8-10,13,17-21H2,1-4H3,(H,34,35)/b25-7+,26-16+/t23-,28+,29-/m0/s1. The largest absolute Gasteiger partial charge is 0.497 e. The molecule has 1 aromatic rings. The molecule has 0 unspecified atom stereocenters. The number of unbranched alkanes of at least 4 members (excludes halogenated alkanes) is 3. The monoisotopic (exact) mass is 528 g/mol. The van der Waals surface area contributed by atoms with Crippen LogP contribution in [0.25, 0.3) is 0 Å². The van der Waals surface area contributed by atoms with Gasteiger partial charge in [-0.2, -0.15) is 0 Å². The van der Waals surface area contributed by atoms with Crippen LogP contribution in [0.4, 0.5) is 0 Å². The second-order valence-corrected chi connectivity index (χ2v) is 10.1. The molecule has 0 spiro atoms. The molecule has 0 radical (unpaired) electrons. The van der Waals surface area contributed by atoms with Crippen molar-refractivity contribution in [3.8, 4) is 5.75 Å². The number of allylic oxidation sites excluding steroid dienone is 2. The number of hydrogen-bond donors (Lipinski definition) is 1. The SMILES string of the molecule is C/C=C1/OCO/C1=C/C[C@H]1CN(CC(=O)N(CCCC)CCCCC)[C@@H](c2ccc(OC)cc2)[C@@H]1C(=O)O. The highest BCUT2D eigenvalue weighted by molar-refractivity contribution is 5.79. The highest BCUT2D eigenvalue weighted by Gasteiger charge is 2.47. The number of amides is 1. The van der Waals surface area contributed by atoms with Gasteiger partial charge in [0.1, 0.15) is 5.75 Å². The summed E-state index contributed by atoms with van der Waals surface area (Å²) in [4.78, 5) is 30.3. The summed E-state index contributed by atoms with van der Waals surface area (Å²) in [5, 5.41) is 10.4. The Morgan fingerprint density at radius 1 is 1.08 bits per heavy atom. The van der Waals surface area contributed by atoms with Gasteiger partial charge in [0.15, 0.2) is 11.5 Å². The Morgan fingerprint density at radius 3 is 2.39 bits per heavy atom. The molecule has 8 heteroatoms. The van der Waals surface area contributed by atoms with Gasteiger partial charge in [-0.25, -0.2) is 0 Å². The molecule has 0 aromatic heterocycles. The Labute approximate surface area is 227 Å². The Bertz CT molecular complexity index is 973. The van der Waals surface area contributed by atoms with E-state index in [1.165, 1.54) is 0 Å². The summed E-state index contributed by atoms with van der Waals surface area (Å²) in [5.74, 6) is 0.382. The normalized spacial score (nSPS) is 23.4. The highest BCUT2D eigenvalue weighted by atomic mass is 16.7. The maximum Gasteiger partial charge on any atom is 0.308 e. The third kappa shape index (κ3) is 7.53. The second kappa shape index (κ2) is 14.8. The molecule has 1 amide bonds. The van der Waals surface area contributed by atoms with Crippen LogP contribution in [-0.2, 0) is 19.1 Å². The van der Waals surface area contributed by atoms with Crippen LogP contribution in [0.1, 0.15) is 70.9 Å². The average Bonchev–Trinajstić information content (AvgIpc) is 3.53. The lowest BCUT2D eigenvalue weighted by atomic mass is 9.85. The summed E-state index contributed by atoms with van der Waals surface area (Å²) < 4.78 is 16.4. The van der Waals surface area contributed by atoms with E-state index < -0.39 is 17.9 Å². The molecule has 2 heterocycles. The lowest BCUT2D eigenvalue weighted by Gasteiger charge is -2.30. The number of likely N-dealkylation sites (tertiary alicyclic amines) is 1. The number of ether oxygens (including phenoxy) is 3. The summed E-state index contributed by atoms with van der Waals surface area (Å²) in [6, 6.07) is 7.11. The molecule has 0 saturated carbocycles. The molecule has 0 aliphatic carbocycles. The van der Waals surface area contributed by atoms with Gasteiger partial charge in [-0.1, -0.05) is 45.2 Å². The lowest BCUT2D eigenvalue weighted by molar-refractivity contribution is -0.144. The molecular weight excluding hydrogens is 484 g/mol. The van der Waals surface area contributed by atoms with Gasteiger partial charge in [0.2, 0.25) is 12.7 Å². The highest BCUT2D eigenvalue weighted by Crippen LogP contribution is 2.43. The smallest absolute Gasteiger partial charge is 0.308 e. The van der Waals surface area contributed by atoms with Gasteiger partial charge < -0.3 is 24.2 Å². The fourth-order valence-corrected chi connectivity index (χ4v) is 5.43. The van der Waals surface area contributed by atoms with Crippen LogP contribution >= 0.6 is 0 Å². The number of rotatable bonds is 14. The molecule has 1 aromatic carbocycles. The zero-order valence-electron chi connectivity index (χ0n) is 23.4. The third-order valence-corrected chi connectivity index (χ3v) is 7.50. The van der Waals surface area contributed by atoms with Gasteiger partial charge in [-0.05, 0) is 62.0 Å². The quantitative estimate of drug-likeness (QED) is 0.325. The van der Waals surface area contributed by atoms with E-state index in [0.717, 1.165) is 50.8 Å². The maximum absolute atomic E-state index is 13.6. The summed E-state index contributed by atoms with van der Waals surface area (Å²) in [7, 11) is 1.61. The van der Waals surface area contributed by atoms with E-state index >= 15 is 0 Å². The third-order valence-electron chi connectivity index (χ3n) is 7.50. The van der Waals surface area contributed by atoms with Crippen molar-refractivity contribution < 1.29 is 28.9 Å². The number of hydrogen-bond acceptors (Lipinski definition) is 6. The zero-order chi connectivity index (χ0) is 27.5. The number of carboxylic acids is 1. The van der Waals surface area contributed by atoms with Gasteiger partial charge in [0.25, 0.3) is 0 Å². The minimum absolute atomic E-state index is 0.0694. The number of carbonyl (C=O) groups excluding carboxylic acids is 1. The molecule has 0 bridgehead atoms. The number of methoxy groups -OCH3 is 1. The van der Waals surface area contributed by atoms with Gasteiger partial charge in [0.05, 0.1) is 19.6 Å². The molecule has 1 N–H and O–H groups in total. The molecule has 8 nitrogen and oxygen atoms in total. The zero-order valence-corrected chi connectivity index (χ0v) is 23.4. The molecule has 3 atom stereocenters.